The zero-order valence-corrected chi connectivity index (χ0v) is 12.0. The molecule has 0 aliphatic heterocycles. The van der Waals surface area contributed by atoms with E-state index < -0.39 is 0 Å². The van der Waals surface area contributed by atoms with Gasteiger partial charge in [-0.05, 0) is 18.2 Å². The van der Waals surface area contributed by atoms with Gasteiger partial charge in [0.15, 0.2) is 0 Å². The van der Waals surface area contributed by atoms with Gasteiger partial charge in [-0.25, -0.2) is 0 Å². The number of hydrogen-bond donors (Lipinski definition) is 3. The number of benzene rings is 1. The molecule has 0 fully saturated rings. The fourth-order valence-corrected chi connectivity index (χ4v) is 1.49. The summed E-state index contributed by atoms with van der Waals surface area (Å²) in [7, 11) is 3.42. The predicted molar refractivity (Wildman–Crippen MR) is 78.2 cm³/mol. The van der Waals surface area contributed by atoms with Crippen LogP contribution >= 0.6 is 0 Å². The standard InChI is InChI=1S/C14H23N3O2/c1-14(2,9-18)8-16-12-7-10(5-6-11(12)15)13(19)17(3)4/h5-7,16,18H,8-9,15H2,1-4H3. The van der Waals surface area contributed by atoms with Crippen LogP contribution in [-0.2, 0) is 0 Å². The van der Waals surface area contributed by atoms with E-state index >= 15 is 0 Å². The summed E-state index contributed by atoms with van der Waals surface area (Å²) in [6.45, 7) is 4.56. The first kappa shape index (κ1) is 15.3. The largest absolute Gasteiger partial charge is 0.397 e. The fourth-order valence-electron chi connectivity index (χ4n) is 1.49. The van der Waals surface area contributed by atoms with Crippen molar-refractivity contribution in [1.29, 1.82) is 0 Å². The topological polar surface area (TPSA) is 78.6 Å². The normalized spacial score (nSPS) is 11.2. The van der Waals surface area contributed by atoms with Crippen molar-refractivity contribution in [2.45, 2.75) is 13.8 Å². The summed E-state index contributed by atoms with van der Waals surface area (Å²) in [6.07, 6.45) is 0. The SMILES string of the molecule is CN(C)C(=O)c1ccc(N)c(NCC(C)(C)CO)c1. The Kier molecular flexibility index (Phi) is 4.78. The molecule has 1 aromatic carbocycles. The summed E-state index contributed by atoms with van der Waals surface area (Å²) in [6, 6.07) is 5.16. The number of nitrogen functional groups attached to an aromatic ring is 1. The first-order valence-electron chi connectivity index (χ1n) is 6.23. The van der Waals surface area contributed by atoms with E-state index in [0.29, 0.717) is 23.5 Å². The number of hydrogen-bond acceptors (Lipinski definition) is 4. The molecule has 5 heteroatoms. The third-order valence-electron chi connectivity index (χ3n) is 2.89. The smallest absolute Gasteiger partial charge is 0.253 e. The van der Waals surface area contributed by atoms with Crippen LogP contribution in [0.4, 0.5) is 11.4 Å². The molecule has 1 rings (SSSR count). The molecule has 0 atom stereocenters. The molecule has 0 saturated heterocycles. The van der Waals surface area contributed by atoms with Crippen molar-refractivity contribution >= 4 is 17.3 Å². The average Bonchev–Trinajstić information content (AvgIpc) is 2.37. The van der Waals surface area contributed by atoms with Crippen LogP contribution < -0.4 is 11.1 Å². The number of rotatable bonds is 5. The van der Waals surface area contributed by atoms with Crippen molar-refractivity contribution in [3.8, 4) is 0 Å². The van der Waals surface area contributed by atoms with E-state index in [2.05, 4.69) is 5.32 Å². The van der Waals surface area contributed by atoms with Crippen LogP contribution in [-0.4, -0.2) is 43.2 Å². The second-order valence-electron chi connectivity index (χ2n) is 5.68. The number of aliphatic hydroxyl groups is 1. The highest BCUT2D eigenvalue weighted by molar-refractivity contribution is 5.95. The second kappa shape index (κ2) is 5.93. The molecule has 5 nitrogen and oxygen atoms in total. The Morgan fingerprint density at radius 3 is 2.58 bits per heavy atom. The number of carbonyl (C=O) groups is 1. The van der Waals surface area contributed by atoms with Crippen molar-refractivity contribution in [1.82, 2.24) is 4.90 Å². The Bertz CT molecular complexity index is 456. The summed E-state index contributed by atoms with van der Waals surface area (Å²) in [5.74, 6) is -0.0653. The number of nitrogens with zero attached hydrogens (tertiary/aromatic N) is 1. The Hall–Kier alpha value is -1.75. The second-order valence-corrected chi connectivity index (χ2v) is 5.68. The van der Waals surface area contributed by atoms with Gasteiger partial charge in [-0.1, -0.05) is 13.8 Å². The lowest BCUT2D eigenvalue weighted by molar-refractivity contribution is 0.0827. The molecule has 1 amide bonds. The fraction of sp³-hybridized carbons (Fsp3) is 0.500. The molecule has 0 aliphatic carbocycles. The van der Waals surface area contributed by atoms with Gasteiger partial charge in [0.25, 0.3) is 5.91 Å². The van der Waals surface area contributed by atoms with Crippen LogP contribution in [0, 0.1) is 5.41 Å². The van der Waals surface area contributed by atoms with Crippen molar-refractivity contribution in [3.63, 3.8) is 0 Å². The Morgan fingerprint density at radius 1 is 1.42 bits per heavy atom. The van der Waals surface area contributed by atoms with Gasteiger partial charge in [0.05, 0.1) is 11.4 Å². The van der Waals surface area contributed by atoms with Crippen LogP contribution in [0.25, 0.3) is 0 Å². The molecular formula is C14H23N3O2. The minimum absolute atomic E-state index is 0.0653. The quantitative estimate of drug-likeness (QED) is 0.703. The van der Waals surface area contributed by atoms with Crippen molar-refractivity contribution < 1.29 is 9.90 Å². The molecule has 0 aromatic heterocycles. The number of anilines is 2. The van der Waals surface area contributed by atoms with E-state index in [1.54, 1.807) is 32.3 Å². The number of aliphatic hydroxyl groups excluding tert-OH is 1. The Morgan fingerprint density at radius 2 is 2.05 bits per heavy atom. The number of nitrogens with one attached hydrogen (secondary N) is 1. The van der Waals surface area contributed by atoms with Gasteiger partial charge in [-0.15, -0.1) is 0 Å². The summed E-state index contributed by atoms with van der Waals surface area (Å²) in [5.41, 5.74) is 7.54. The molecule has 0 saturated carbocycles. The van der Waals surface area contributed by atoms with E-state index in [1.807, 2.05) is 13.8 Å². The van der Waals surface area contributed by atoms with Crippen molar-refractivity contribution in [3.05, 3.63) is 23.8 Å². The maximum absolute atomic E-state index is 11.9. The molecule has 0 radical (unpaired) electrons. The summed E-state index contributed by atoms with van der Waals surface area (Å²) in [4.78, 5) is 13.4. The van der Waals surface area contributed by atoms with E-state index in [0.717, 1.165) is 0 Å². The molecule has 19 heavy (non-hydrogen) atoms. The average molecular weight is 265 g/mol. The lowest BCUT2D eigenvalue weighted by Crippen LogP contribution is -2.27. The van der Waals surface area contributed by atoms with Gasteiger partial charge in [0.2, 0.25) is 0 Å². The third kappa shape index (κ3) is 4.13. The molecule has 0 aliphatic rings. The van der Waals surface area contributed by atoms with E-state index in [1.165, 1.54) is 4.90 Å². The molecular weight excluding hydrogens is 242 g/mol. The highest BCUT2D eigenvalue weighted by Crippen LogP contribution is 2.23. The molecule has 0 unspecified atom stereocenters. The highest BCUT2D eigenvalue weighted by atomic mass is 16.3. The van der Waals surface area contributed by atoms with E-state index in [9.17, 15) is 9.90 Å². The summed E-state index contributed by atoms with van der Waals surface area (Å²) >= 11 is 0. The molecule has 4 N–H and O–H groups in total. The summed E-state index contributed by atoms with van der Waals surface area (Å²) < 4.78 is 0. The van der Waals surface area contributed by atoms with Crippen LogP contribution in [0.15, 0.2) is 18.2 Å². The third-order valence-corrected chi connectivity index (χ3v) is 2.89. The molecule has 106 valence electrons. The number of carbonyl (C=O) groups excluding carboxylic acids is 1. The monoisotopic (exact) mass is 265 g/mol. The van der Waals surface area contributed by atoms with Gasteiger partial charge in [0.1, 0.15) is 0 Å². The van der Waals surface area contributed by atoms with Gasteiger partial charge >= 0.3 is 0 Å². The van der Waals surface area contributed by atoms with Gasteiger partial charge in [-0.3, -0.25) is 4.79 Å². The molecule has 0 heterocycles. The molecule has 1 aromatic rings. The van der Waals surface area contributed by atoms with Crippen molar-refractivity contribution in [2.24, 2.45) is 5.41 Å². The van der Waals surface area contributed by atoms with Gasteiger partial charge in [-0.2, -0.15) is 0 Å². The van der Waals surface area contributed by atoms with Crippen LogP contribution in [0.1, 0.15) is 24.2 Å². The van der Waals surface area contributed by atoms with Crippen LogP contribution in [0.3, 0.4) is 0 Å². The summed E-state index contributed by atoms with van der Waals surface area (Å²) in [5, 5.41) is 12.4. The van der Waals surface area contributed by atoms with Gasteiger partial charge in [0, 0.05) is 38.2 Å². The Balaban J connectivity index is 2.89. The zero-order chi connectivity index (χ0) is 14.6. The van der Waals surface area contributed by atoms with Gasteiger partial charge < -0.3 is 21.1 Å². The van der Waals surface area contributed by atoms with Crippen LogP contribution in [0.2, 0.25) is 0 Å². The maximum atomic E-state index is 11.9. The first-order valence-corrected chi connectivity index (χ1v) is 6.23. The number of nitrogens with two attached hydrogens (primary N) is 1. The van der Waals surface area contributed by atoms with Crippen molar-refractivity contribution in [2.75, 3.05) is 38.3 Å². The minimum Gasteiger partial charge on any atom is -0.397 e. The Labute approximate surface area is 114 Å². The van der Waals surface area contributed by atoms with Crippen LogP contribution in [0.5, 0.6) is 0 Å². The minimum atomic E-state index is -0.242. The van der Waals surface area contributed by atoms with E-state index in [-0.39, 0.29) is 17.9 Å². The highest BCUT2D eigenvalue weighted by Gasteiger charge is 2.17. The zero-order valence-electron chi connectivity index (χ0n) is 12.0. The van der Waals surface area contributed by atoms with E-state index in [4.69, 9.17) is 5.73 Å². The first-order chi connectivity index (χ1) is 8.76. The molecule has 0 spiro atoms. The molecule has 0 bridgehead atoms. The predicted octanol–water partition coefficient (Wildman–Crippen LogP) is 1.40. The maximum Gasteiger partial charge on any atom is 0.253 e. The lowest BCUT2D eigenvalue weighted by atomic mass is 9.95. The lowest BCUT2D eigenvalue weighted by Gasteiger charge is -2.23. The number of amides is 1.